The summed E-state index contributed by atoms with van der Waals surface area (Å²) in [5.41, 5.74) is 0.795. The lowest BCUT2D eigenvalue weighted by molar-refractivity contribution is 0.455. The lowest BCUT2D eigenvalue weighted by Gasteiger charge is -2.22. The van der Waals surface area contributed by atoms with Gasteiger partial charge in [0.15, 0.2) is 0 Å². The minimum Gasteiger partial charge on any atom is -0.317 e. The molecule has 15 heavy (non-hydrogen) atoms. The first-order chi connectivity index (χ1) is 6.75. The van der Waals surface area contributed by atoms with E-state index >= 15 is 0 Å². The van der Waals surface area contributed by atoms with Gasteiger partial charge >= 0.3 is 0 Å². The van der Waals surface area contributed by atoms with E-state index in [2.05, 4.69) is 5.32 Å². The molecule has 84 valence electrons. The van der Waals surface area contributed by atoms with Crippen LogP contribution < -0.4 is 5.32 Å². The van der Waals surface area contributed by atoms with Crippen LogP contribution in [-0.2, 0) is 0 Å². The number of halogens is 3. The Kier molecular flexibility index (Phi) is 4.48. The first-order valence-electron chi connectivity index (χ1n) is 4.92. The fraction of sp³-hybridized carbons (Fsp3) is 0.455. The van der Waals surface area contributed by atoms with Crippen LogP contribution in [0.5, 0.6) is 0 Å². The summed E-state index contributed by atoms with van der Waals surface area (Å²) in [4.78, 5) is 0. The van der Waals surface area contributed by atoms with E-state index in [1.807, 2.05) is 0 Å². The third-order valence-electron chi connectivity index (χ3n) is 2.70. The van der Waals surface area contributed by atoms with Gasteiger partial charge in [0.2, 0.25) is 0 Å². The first kappa shape index (κ1) is 12.4. The van der Waals surface area contributed by atoms with Crippen molar-refractivity contribution < 1.29 is 8.78 Å². The topological polar surface area (TPSA) is 12.0 Å². The van der Waals surface area contributed by atoms with Crippen LogP contribution in [0.3, 0.4) is 0 Å². The molecule has 4 heteroatoms. The molecule has 1 fully saturated rings. The summed E-state index contributed by atoms with van der Waals surface area (Å²) in [7, 11) is 0. The third kappa shape index (κ3) is 3.14. The van der Waals surface area contributed by atoms with Gasteiger partial charge in [-0.3, -0.25) is 0 Å². The molecule has 0 saturated carbocycles. The van der Waals surface area contributed by atoms with Crippen LogP contribution in [0, 0.1) is 11.6 Å². The fourth-order valence-corrected chi connectivity index (χ4v) is 1.97. The van der Waals surface area contributed by atoms with Crippen molar-refractivity contribution in [3.63, 3.8) is 0 Å². The lowest BCUT2D eigenvalue weighted by Crippen LogP contribution is -2.26. The molecule has 0 bridgehead atoms. The Morgan fingerprint density at radius 2 is 1.53 bits per heavy atom. The molecular weight excluding hydrogens is 220 g/mol. The van der Waals surface area contributed by atoms with E-state index in [1.165, 1.54) is 12.1 Å². The zero-order valence-electron chi connectivity index (χ0n) is 8.30. The quantitative estimate of drug-likeness (QED) is 0.787. The van der Waals surface area contributed by atoms with Crippen molar-refractivity contribution in [1.29, 1.82) is 0 Å². The second kappa shape index (κ2) is 5.42. The van der Waals surface area contributed by atoms with Crippen molar-refractivity contribution in [2.45, 2.75) is 18.8 Å². The Balaban J connectivity index is 0.00000112. The summed E-state index contributed by atoms with van der Waals surface area (Å²) in [6.45, 7) is 1.87. The molecule has 0 aliphatic carbocycles. The van der Waals surface area contributed by atoms with Gasteiger partial charge in [0.25, 0.3) is 0 Å². The van der Waals surface area contributed by atoms with Crippen molar-refractivity contribution in [2.24, 2.45) is 0 Å². The van der Waals surface area contributed by atoms with Gasteiger partial charge in [-0.2, -0.15) is 0 Å². The van der Waals surface area contributed by atoms with E-state index in [0.29, 0.717) is 5.92 Å². The predicted octanol–water partition coefficient (Wildman–Crippen LogP) is 2.85. The van der Waals surface area contributed by atoms with E-state index in [9.17, 15) is 8.78 Å². The molecule has 0 aromatic heterocycles. The van der Waals surface area contributed by atoms with E-state index in [1.54, 1.807) is 0 Å². The molecule has 1 N–H and O–H groups in total. The Morgan fingerprint density at radius 1 is 1.00 bits per heavy atom. The highest BCUT2D eigenvalue weighted by atomic mass is 35.5. The van der Waals surface area contributed by atoms with Crippen LogP contribution in [0.2, 0.25) is 0 Å². The number of rotatable bonds is 1. The smallest absolute Gasteiger partial charge is 0.126 e. The summed E-state index contributed by atoms with van der Waals surface area (Å²) in [6, 6.07) is 3.81. The Morgan fingerprint density at radius 3 is 2.07 bits per heavy atom. The van der Waals surface area contributed by atoms with Gasteiger partial charge in [0.05, 0.1) is 0 Å². The van der Waals surface area contributed by atoms with Gasteiger partial charge in [0, 0.05) is 6.07 Å². The van der Waals surface area contributed by atoms with Crippen LogP contribution in [-0.4, -0.2) is 13.1 Å². The van der Waals surface area contributed by atoms with Crippen molar-refractivity contribution >= 4 is 12.4 Å². The second-order valence-electron chi connectivity index (χ2n) is 3.73. The second-order valence-corrected chi connectivity index (χ2v) is 3.73. The van der Waals surface area contributed by atoms with Gasteiger partial charge in [-0.1, -0.05) is 0 Å². The van der Waals surface area contributed by atoms with Crippen LogP contribution >= 0.6 is 12.4 Å². The zero-order valence-corrected chi connectivity index (χ0v) is 9.12. The number of piperidine rings is 1. The number of hydrogen-bond acceptors (Lipinski definition) is 1. The molecular formula is C11H14ClF2N. The summed E-state index contributed by atoms with van der Waals surface area (Å²) >= 11 is 0. The average molecular weight is 234 g/mol. The highest BCUT2D eigenvalue weighted by Crippen LogP contribution is 2.26. The van der Waals surface area contributed by atoms with E-state index in [0.717, 1.165) is 37.6 Å². The lowest BCUT2D eigenvalue weighted by atomic mass is 9.90. The molecule has 1 saturated heterocycles. The summed E-state index contributed by atoms with van der Waals surface area (Å²) in [6.07, 6.45) is 1.92. The first-order valence-corrected chi connectivity index (χ1v) is 4.92. The maximum Gasteiger partial charge on any atom is 0.126 e. The van der Waals surface area contributed by atoms with Gasteiger partial charge in [-0.15, -0.1) is 12.4 Å². The summed E-state index contributed by atoms with van der Waals surface area (Å²) in [5.74, 6) is -0.640. The fourth-order valence-electron chi connectivity index (χ4n) is 1.97. The van der Waals surface area contributed by atoms with E-state index < -0.39 is 11.6 Å². The number of benzene rings is 1. The third-order valence-corrected chi connectivity index (χ3v) is 2.70. The maximum absolute atomic E-state index is 12.9. The summed E-state index contributed by atoms with van der Waals surface area (Å²) < 4.78 is 25.9. The molecule has 1 aliphatic heterocycles. The molecule has 2 rings (SSSR count). The maximum atomic E-state index is 12.9. The van der Waals surface area contributed by atoms with Crippen molar-refractivity contribution in [2.75, 3.05) is 13.1 Å². The SMILES string of the molecule is Cl.Fc1cc(F)cc(C2CCNCC2)c1. The number of hydrogen-bond donors (Lipinski definition) is 1. The standard InChI is InChI=1S/C11H13F2N.ClH/c12-10-5-9(6-11(13)7-10)8-1-3-14-4-2-8;/h5-8,14H,1-4H2;1H. The Hall–Kier alpha value is -0.670. The molecule has 0 radical (unpaired) electrons. The molecule has 0 spiro atoms. The Bertz CT molecular complexity index is 304. The van der Waals surface area contributed by atoms with Gasteiger partial charge < -0.3 is 5.32 Å². The van der Waals surface area contributed by atoms with E-state index in [-0.39, 0.29) is 12.4 Å². The molecule has 1 aromatic rings. The van der Waals surface area contributed by atoms with Crippen LogP contribution in [0.1, 0.15) is 24.3 Å². The van der Waals surface area contributed by atoms with Gasteiger partial charge in [-0.05, 0) is 49.5 Å². The molecule has 1 aromatic carbocycles. The van der Waals surface area contributed by atoms with Crippen LogP contribution in [0.15, 0.2) is 18.2 Å². The summed E-state index contributed by atoms with van der Waals surface area (Å²) in [5, 5.41) is 3.23. The molecule has 0 amide bonds. The van der Waals surface area contributed by atoms with Crippen LogP contribution in [0.4, 0.5) is 8.78 Å². The highest BCUT2D eigenvalue weighted by Gasteiger charge is 2.16. The van der Waals surface area contributed by atoms with Crippen molar-refractivity contribution in [3.8, 4) is 0 Å². The van der Waals surface area contributed by atoms with Crippen LogP contribution in [0.25, 0.3) is 0 Å². The monoisotopic (exact) mass is 233 g/mol. The largest absolute Gasteiger partial charge is 0.317 e. The highest BCUT2D eigenvalue weighted by molar-refractivity contribution is 5.85. The molecule has 1 aliphatic rings. The molecule has 0 atom stereocenters. The predicted molar refractivity (Wildman–Crippen MR) is 58.5 cm³/mol. The Labute approximate surface area is 94.3 Å². The molecule has 1 heterocycles. The number of nitrogens with one attached hydrogen (secondary N) is 1. The minimum atomic E-state index is -0.474. The van der Waals surface area contributed by atoms with Gasteiger partial charge in [0.1, 0.15) is 11.6 Å². The van der Waals surface area contributed by atoms with Crippen molar-refractivity contribution in [3.05, 3.63) is 35.4 Å². The van der Waals surface area contributed by atoms with E-state index in [4.69, 9.17) is 0 Å². The zero-order chi connectivity index (χ0) is 9.97. The van der Waals surface area contributed by atoms with Crippen molar-refractivity contribution in [1.82, 2.24) is 5.32 Å². The normalized spacial score (nSPS) is 17.2. The van der Waals surface area contributed by atoms with Gasteiger partial charge in [-0.25, -0.2) is 8.78 Å². The average Bonchev–Trinajstić information content (AvgIpc) is 2.18. The minimum absolute atomic E-state index is 0. The molecule has 0 unspecified atom stereocenters. The molecule has 1 nitrogen and oxygen atoms in total.